The maximum Gasteiger partial charge on any atom is 0.0178 e. The van der Waals surface area contributed by atoms with Gasteiger partial charge in [0.25, 0.3) is 0 Å². The molecule has 0 atom stereocenters. The normalized spacial score (nSPS) is 12.2. The van der Waals surface area contributed by atoms with Crippen molar-refractivity contribution in [1.82, 2.24) is 0 Å². The summed E-state index contributed by atoms with van der Waals surface area (Å²) in [7, 11) is 0. The maximum absolute atomic E-state index is 5.74. The van der Waals surface area contributed by atoms with E-state index in [0.29, 0.717) is 6.54 Å². The quantitative estimate of drug-likeness (QED) is 0.699. The van der Waals surface area contributed by atoms with Gasteiger partial charge in [-0.2, -0.15) is 0 Å². The molecule has 2 aromatic carbocycles. The molecule has 0 unspecified atom stereocenters. The van der Waals surface area contributed by atoms with Gasteiger partial charge in [-0.1, -0.05) is 79.4 Å². The first-order valence-electron chi connectivity index (χ1n) is 7.80. The molecular formula is C22H23N. The minimum Gasteiger partial charge on any atom is -0.326 e. The van der Waals surface area contributed by atoms with Gasteiger partial charge in [0, 0.05) is 6.54 Å². The summed E-state index contributed by atoms with van der Waals surface area (Å²) < 4.78 is 0. The molecule has 0 heterocycles. The number of allylic oxidation sites excluding steroid dienone is 7. The van der Waals surface area contributed by atoms with Crippen LogP contribution in [0, 0.1) is 0 Å². The largest absolute Gasteiger partial charge is 0.326 e. The Morgan fingerprint density at radius 1 is 1.00 bits per heavy atom. The van der Waals surface area contributed by atoms with Crippen LogP contribution in [0.1, 0.15) is 18.1 Å². The summed E-state index contributed by atoms with van der Waals surface area (Å²) in [6.07, 6.45) is 11.9. The molecule has 0 saturated heterocycles. The molecule has 2 N–H and O–H groups in total. The van der Waals surface area contributed by atoms with Gasteiger partial charge in [0.05, 0.1) is 0 Å². The Morgan fingerprint density at radius 3 is 2.43 bits per heavy atom. The molecule has 1 heteroatoms. The second kappa shape index (κ2) is 8.72. The van der Waals surface area contributed by atoms with E-state index >= 15 is 0 Å². The van der Waals surface area contributed by atoms with Crippen LogP contribution in [-0.4, -0.2) is 0 Å². The van der Waals surface area contributed by atoms with E-state index in [1.165, 1.54) is 22.3 Å². The first-order valence-corrected chi connectivity index (χ1v) is 7.80. The molecule has 0 aliphatic heterocycles. The fraction of sp³-hybridized carbons (Fsp3) is 0.0909. The van der Waals surface area contributed by atoms with E-state index in [2.05, 4.69) is 74.2 Å². The molecule has 0 radical (unpaired) electrons. The van der Waals surface area contributed by atoms with Gasteiger partial charge in [-0.15, -0.1) is 0 Å². The third-order valence-corrected chi connectivity index (χ3v) is 3.64. The Balaban J connectivity index is 2.33. The smallest absolute Gasteiger partial charge is 0.0178 e. The molecular weight excluding hydrogens is 278 g/mol. The Kier molecular flexibility index (Phi) is 6.34. The first-order chi connectivity index (χ1) is 11.3. The fourth-order valence-corrected chi connectivity index (χ4v) is 2.42. The van der Waals surface area contributed by atoms with Crippen molar-refractivity contribution >= 4 is 5.57 Å². The van der Waals surface area contributed by atoms with Gasteiger partial charge in [-0.3, -0.25) is 0 Å². The van der Waals surface area contributed by atoms with E-state index in [-0.39, 0.29) is 0 Å². The minimum atomic E-state index is 0.562. The Labute approximate surface area is 139 Å². The molecule has 0 aliphatic rings. The van der Waals surface area contributed by atoms with Crippen molar-refractivity contribution in [2.24, 2.45) is 5.73 Å². The van der Waals surface area contributed by atoms with Crippen LogP contribution in [0.3, 0.4) is 0 Å². The minimum absolute atomic E-state index is 0.562. The van der Waals surface area contributed by atoms with E-state index < -0.39 is 0 Å². The third-order valence-electron chi connectivity index (χ3n) is 3.64. The van der Waals surface area contributed by atoms with Crippen molar-refractivity contribution in [2.45, 2.75) is 13.5 Å². The number of benzene rings is 2. The summed E-state index contributed by atoms with van der Waals surface area (Å²) in [5.74, 6) is 0. The highest BCUT2D eigenvalue weighted by Gasteiger charge is 2.02. The zero-order valence-electron chi connectivity index (χ0n) is 13.6. The number of hydrogen-bond acceptors (Lipinski definition) is 1. The first kappa shape index (κ1) is 16.7. The van der Waals surface area contributed by atoms with E-state index in [1.807, 2.05) is 18.2 Å². The molecule has 0 bridgehead atoms. The molecule has 116 valence electrons. The van der Waals surface area contributed by atoms with Crippen molar-refractivity contribution < 1.29 is 0 Å². The van der Waals surface area contributed by atoms with Crippen LogP contribution in [0.15, 0.2) is 91.6 Å². The van der Waals surface area contributed by atoms with Crippen LogP contribution in [0.2, 0.25) is 0 Å². The van der Waals surface area contributed by atoms with Gasteiger partial charge in [-0.05, 0) is 46.9 Å². The molecule has 0 aromatic heterocycles. The lowest BCUT2D eigenvalue weighted by Crippen LogP contribution is -1.95. The molecule has 2 rings (SSSR count). The molecule has 2 aromatic rings. The highest BCUT2D eigenvalue weighted by Crippen LogP contribution is 2.25. The Morgan fingerprint density at radius 2 is 1.74 bits per heavy atom. The molecule has 0 saturated carbocycles. The van der Waals surface area contributed by atoms with E-state index in [1.54, 1.807) is 6.08 Å². The molecule has 1 nitrogen and oxygen atoms in total. The van der Waals surface area contributed by atoms with Gasteiger partial charge >= 0.3 is 0 Å². The SMILES string of the molecule is C=C\C=C/C=C/C(=C\C)c1cccc(-c2cccc(CN)c2)c1. The fourth-order valence-electron chi connectivity index (χ4n) is 2.42. The Hall–Kier alpha value is -2.64. The van der Waals surface area contributed by atoms with Gasteiger partial charge in [-0.25, -0.2) is 0 Å². The average Bonchev–Trinajstić information content (AvgIpc) is 2.62. The molecule has 0 spiro atoms. The molecule has 23 heavy (non-hydrogen) atoms. The zero-order valence-corrected chi connectivity index (χ0v) is 13.6. The summed E-state index contributed by atoms with van der Waals surface area (Å²) in [4.78, 5) is 0. The van der Waals surface area contributed by atoms with Crippen LogP contribution in [0.25, 0.3) is 16.7 Å². The summed E-state index contributed by atoms with van der Waals surface area (Å²) in [5, 5.41) is 0. The summed E-state index contributed by atoms with van der Waals surface area (Å²) >= 11 is 0. The molecule has 0 aliphatic carbocycles. The van der Waals surface area contributed by atoms with Gasteiger partial charge in [0.2, 0.25) is 0 Å². The maximum atomic E-state index is 5.74. The molecule has 0 fully saturated rings. The van der Waals surface area contributed by atoms with Crippen LogP contribution in [0.4, 0.5) is 0 Å². The van der Waals surface area contributed by atoms with Gasteiger partial charge in [0.1, 0.15) is 0 Å². The monoisotopic (exact) mass is 301 g/mol. The van der Waals surface area contributed by atoms with E-state index in [9.17, 15) is 0 Å². The van der Waals surface area contributed by atoms with Crippen LogP contribution in [-0.2, 0) is 6.54 Å². The summed E-state index contributed by atoms with van der Waals surface area (Å²) in [6, 6.07) is 17.0. The highest BCUT2D eigenvalue weighted by atomic mass is 14.5. The predicted octanol–water partition coefficient (Wildman–Crippen LogP) is 5.51. The lowest BCUT2D eigenvalue weighted by molar-refractivity contribution is 1.07. The second-order valence-corrected chi connectivity index (χ2v) is 5.21. The van der Waals surface area contributed by atoms with E-state index in [0.717, 1.165) is 5.56 Å². The highest BCUT2D eigenvalue weighted by molar-refractivity contribution is 5.78. The molecule has 0 amide bonds. The lowest BCUT2D eigenvalue weighted by Gasteiger charge is -2.08. The van der Waals surface area contributed by atoms with Gasteiger partial charge in [0.15, 0.2) is 0 Å². The van der Waals surface area contributed by atoms with Crippen molar-refractivity contribution in [2.75, 3.05) is 0 Å². The van der Waals surface area contributed by atoms with E-state index in [4.69, 9.17) is 5.73 Å². The summed E-state index contributed by atoms with van der Waals surface area (Å²) in [6.45, 7) is 6.29. The van der Waals surface area contributed by atoms with Crippen LogP contribution >= 0.6 is 0 Å². The van der Waals surface area contributed by atoms with Crippen LogP contribution in [0.5, 0.6) is 0 Å². The second-order valence-electron chi connectivity index (χ2n) is 5.21. The topological polar surface area (TPSA) is 26.0 Å². The Bertz CT molecular complexity index is 748. The van der Waals surface area contributed by atoms with Crippen molar-refractivity contribution in [3.8, 4) is 11.1 Å². The third kappa shape index (κ3) is 4.67. The van der Waals surface area contributed by atoms with Crippen molar-refractivity contribution in [1.29, 1.82) is 0 Å². The summed E-state index contributed by atoms with van der Waals surface area (Å²) in [5.41, 5.74) is 11.7. The predicted molar refractivity (Wildman–Crippen MR) is 102 cm³/mol. The standard InChI is InChI=1S/C22H23N/c1-3-5-6-7-11-19(4-2)21-13-9-14-22(16-21)20-12-8-10-18(15-20)17-23/h3-16H,1,17,23H2,2H3/b6-5-,11-7+,19-4+. The van der Waals surface area contributed by atoms with Gasteiger partial charge < -0.3 is 5.73 Å². The number of nitrogens with two attached hydrogens (primary N) is 1. The lowest BCUT2D eigenvalue weighted by atomic mass is 9.97. The zero-order chi connectivity index (χ0) is 16.5. The van der Waals surface area contributed by atoms with Crippen molar-refractivity contribution in [3.63, 3.8) is 0 Å². The van der Waals surface area contributed by atoms with Crippen molar-refractivity contribution in [3.05, 3.63) is 103 Å². The van der Waals surface area contributed by atoms with Crippen LogP contribution < -0.4 is 5.73 Å². The average molecular weight is 301 g/mol. The number of hydrogen-bond donors (Lipinski definition) is 1. The number of rotatable bonds is 6.